The van der Waals surface area contributed by atoms with Crippen LogP contribution in [0.1, 0.15) is 30.2 Å². The molecule has 0 aliphatic heterocycles. The molecule has 10 aromatic rings. The lowest BCUT2D eigenvalue weighted by atomic mass is 9.85. The standard InChI is InChI=1S/C48H30O/c1-2-10-31(11-3-1)32-18-20-33(21-19-32)34-22-24-35(25-23-34)47-40-14-6-8-16-42(40)48(43-17-9-7-15-41(43)47)38-26-27-39-44-28-36-12-4-5-13-37(36)29-46(44)49-45(39)30-38/h1-30H/i1D,2D,3D,4D,5D,10D,11D,12D,13D,18D,19D,20D,21D,22D,23D,24D,25D,26D,27D,28D,29D,30D. The molecule has 1 aromatic heterocycles. The van der Waals surface area contributed by atoms with Gasteiger partial charge in [0.1, 0.15) is 11.2 Å². The van der Waals surface area contributed by atoms with Crippen LogP contribution in [0, 0.1) is 0 Å². The zero-order valence-electron chi connectivity index (χ0n) is 47.0. The lowest BCUT2D eigenvalue weighted by Gasteiger charge is -2.18. The van der Waals surface area contributed by atoms with Crippen LogP contribution in [-0.4, -0.2) is 0 Å². The van der Waals surface area contributed by atoms with Gasteiger partial charge in [0, 0.05) is 10.8 Å². The van der Waals surface area contributed by atoms with Crippen molar-refractivity contribution in [1.29, 1.82) is 0 Å². The molecular formula is C48H30O. The van der Waals surface area contributed by atoms with E-state index in [1.165, 1.54) is 0 Å². The fourth-order valence-corrected chi connectivity index (χ4v) is 6.15. The number of rotatable bonds is 4. The summed E-state index contributed by atoms with van der Waals surface area (Å²) in [4.78, 5) is 0. The summed E-state index contributed by atoms with van der Waals surface area (Å²) in [6.45, 7) is 0. The molecule has 0 radical (unpaired) electrons. The number of hydrogen-bond acceptors (Lipinski definition) is 1. The van der Waals surface area contributed by atoms with Crippen LogP contribution in [-0.2, 0) is 0 Å². The van der Waals surface area contributed by atoms with E-state index in [0.717, 1.165) is 0 Å². The normalized spacial score (nSPS) is 18.0. The molecule has 1 heteroatoms. The highest BCUT2D eigenvalue weighted by Crippen LogP contribution is 2.45. The Bertz CT molecular complexity index is 4000. The molecule has 0 amide bonds. The van der Waals surface area contributed by atoms with Gasteiger partial charge < -0.3 is 4.42 Å². The molecule has 1 nitrogen and oxygen atoms in total. The summed E-state index contributed by atoms with van der Waals surface area (Å²) >= 11 is 0. The molecule has 0 N–H and O–H groups in total. The third kappa shape index (κ3) is 4.55. The third-order valence-corrected chi connectivity index (χ3v) is 8.32. The molecule has 0 saturated carbocycles. The van der Waals surface area contributed by atoms with Crippen LogP contribution in [0.4, 0.5) is 0 Å². The van der Waals surface area contributed by atoms with Crippen molar-refractivity contribution in [3.63, 3.8) is 0 Å². The van der Waals surface area contributed by atoms with E-state index in [4.69, 9.17) is 25.0 Å². The van der Waals surface area contributed by atoms with Gasteiger partial charge in [0.15, 0.2) is 0 Å². The second kappa shape index (κ2) is 11.1. The van der Waals surface area contributed by atoms with Crippen LogP contribution >= 0.6 is 0 Å². The van der Waals surface area contributed by atoms with E-state index in [9.17, 15) is 9.60 Å². The lowest BCUT2D eigenvalue weighted by Crippen LogP contribution is -1.91. The summed E-state index contributed by atoms with van der Waals surface area (Å²) < 4.78 is 201. The fraction of sp³-hybridized carbons (Fsp3) is 0. The van der Waals surface area contributed by atoms with Crippen LogP contribution in [0.15, 0.2) is 186 Å². The van der Waals surface area contributed by atoms with E-state index in [2.05, 4.69) is 0 Å². The van der Waals surface area contributed by atoms with Crippen molar-refractivity contribution in [2.24, 2.45) is 0 Å². The highest BCUT2D eigenvalue weighted by molar-refractivity contribution is 6.22. The Hall–Kier alpha value is -6.44. The van der Waals surface area contributed by atoms with Gasteiger partial charge in [-0.3, -0.25) is 0 Å². The van der Waals surface area contributed by atoms with Crippen molar-refractivity contribution in [3.05, 3.63) is 181 Å². The highest BCUT2D eigenvalue weighted by Gasteiger charge is 2.18. The van der Waals surface area contributed by atoms with Crippen LogP contribution in [0.5, 0.6) is 0 Å². The Balaban J connectivity index is 1.25. The number of hydrogen-bond donors (Lipinski definition) is 0. The molecule has 0 spiro atoms. The van der Waals surface area contributed by atoms with Crippen LogP contribution < -0.4 is 0 Å². The molecule has 228 valence electrons. The van der Waals surface area contributed by atoms with E-state index < -0.39 is 155 Å². The topological polar surface area (TPSA) is 13.1 Å². The van der Waals surface area contributed by atoms with Gasteiger partial charge in [-0.2, -0.15) is 0 Å². The average molecular weight is 645 g/mol. The maximum Gasteiger partial charge on any atom is 0.136 e. The molecule has 0 fully saturated rings. The first kappa shape index (κ1) is 13.6. The minimum Gasteiger partial charge on any atom is -0.456 e. The largest absolute Gasteiger partial charge is 0.456 e. The molecular weight excluding hydrogens is 593 g/mol. The summed E-state index contributed by atoms with van der Waals surface area (Å²) in [5, 5.41) is 0.278. The van der Waals surface area contributed by atoms with Crippen molar-refractivity contribution in [1.82, 2.24) is 0 Å². The van der Waals surface area contributed by atoms with Crippen molar-refractivity contribution >= 4 is 54.3 Å². The summed E-state index contributed by atoms with van der Waals surface area (Å²) in [7, 11) is 0. The van der Waals surface area contributed by atoms with E-state index in [-0.39, 0.29) is 55.0 Å². The molecule has 0 unspecified atom stereocenters. The van der Waals surface area contributed by atoms with Gasteiger partial charge >= 0.3 is 0 Å². The Kier molecular flexibility index (Phi) is 3.07. The van der Waals surface area contributed by atoms with Gasteiger partial charge in [-0.25, -0.2) is 0 Å². The average Bonchev–Trinajstić information content (AvgIpc) is 3.77. The van der Waals surface area contributed by atoms with Crippen molar-refractivity contribution < 1.29 is 34.6 Å². The second-order valence-electron chi connectivity index (χ2n) is 11.1. The van der Waals surface area contributed by atoms with Gasteiger partial charge in [-0.1, -0.05) is 157 Å². The molecule has 0 atom stereocenters. The first-order chi connectivity index (χ1) is 33.5. The first-order valence-electron chi connectivity index (χ1n) is 26.1. The highest BCUT2D eigenvalue weighted by atomic mass is 16.3. The minimum absolute atomic E-state index is 0.127. The van der Waals surface area contributed by atoms with Crippen LogP contribution in [0.2, 0.25) is 0 Å². The lowest BCUT2D eigenvalue weighted by molar-refractivity contribution is 0.669. The quantitative estimate of drug-likeness (QED) is 0.174. The number of benzene rings is 9. The summed E-state index contributed by atoms with van der Waals surface area (Å²) in [5.41, 5.74) is -3.06. The monoisotopic (exact) mass is 644 g/mol. The summed E-state index contributed by atoms with van der Waals surface area (Å²) in [6.07, 6.45) is 0. The smallest absolute Gasteiger partial charge is 0.136 e. The Morgan fingerprint density at radius 1 is 0.327 bits per heavy atom. The zero-order valence-corrected chi connectivity index (χ0v) is 25.0. The molecule has 49 heavy (non-hydrogen) atoms. The van der Waals surface area contributed by atoms with Gasteiger partial charge in [0.05, 0.1) is 30.2 Å². The Labute approximate surface area is 315 Å². The Morgan fingerprint density at radius 2 is 0.755 bits per heavy atom. The molecule has 0 aliphatic carbocycles. The van der Waals surface area contributed by atoms with Crippen molar-refractivity contribution in [3.8, 4) is 44.5 Å². The first-order valence-corrected chi connectivity index (χ1v) is 15.1. The van der Waals surface area contributed by atoms with Crippen LogP contribution in [0.3, 0.4) is 0 Å². The maximum atomic E-state index is 9.63. The molecule has 1 heterocycles. The fourth-order valence-electron chi connectivity index (χ4n) is 6.15. The second-order valence-corrected chi connectivity index (χ2v) is 11.1. The molecule has 0 bridgehead atoms. The number of furan rings is 1. The number of fused-ring (bicyclic) bond motifs is 6. The molecule has 9 aromatic carbocycles. The molecule has 0 saturated heterocycles. The van der Waals surface area contributed by atoms with Gasteiger partial charge in [0.2, 0.25) is 0 Å². The van der Waals surface area contributed by atoms with E-state index in [1.54, 1.807) is 48.5 Å². The summed E-state index contributed by atoms with van der Waals surface area (Å²) in [6, 6.07) is -1.85. The van der Waals surface area contributed by atoms with E-state index in [1.807, 2.05) is 0 Å². The van der Waals surface area contributed by atoms with Crippen molar-refractivity contribution in [2.45, 2.75) is 0 Å². The van der Waals surface area contributed by atoms with Crippen molar-refractivity contribution in [2.75, 3.05) is 0 Å². The van der Waals surface area contributed by atoms with Gasteiger partial charge in [0.25, 0.3) is 0 Å². The van der Waals surface area contributed by atoms with Gasteiger partial charge in [-0.05, 0) is 101 Å². The minimum atomic E-state index is -0.855. The third-order valence-electron chi connectivity index (χ3n) is 8.32. The van der Waals surface area contributed by atoms with E-state index in [0.29, 0.717) is 21.5 Å². The van der Waals surface area contributed by atoms with Gasteiger partial charge in [-0.15, -0.1) is 0 Å². The predicted molar refractivity (Wildman–Crippen MR) is 208 cm³/mol. The SMILES string of the molecule is [2H]c1c([2H])c([2H])c(-c2c([2H])c([2H])c(-c3c([2H])c([2H])c(-c4c5ccccc5c(-c5c([2H])c([2H])c6c(oc7c([2H])c8c([2H])c([2H])c([2H])c([2H])c8c([2H])c76)c5[2H])c5ccccc45)c([2H])c3[2H])c([2H])c2[2H])c([2H])c1[2H]. The summed E-state index contributed by atoms with van der Waals surface area (Å²) in [5.74, 6) is 0. The van der Waals surface area contributed by atoms with E-state index >= 15 is 0 Å². The Morgan fingerprint density at radius 3 is 1.33 bits per heavy atom. The maximum absolute atomic E-state index is 9.63. The zero-order chi connectivity index (χ0) is 51.5. The molecule has 0 aliphatic rings. The van der Waals surface area contributed by atoms with Crippen LogP contribution in [0.25, 0.3) is 98.8 Å². The molecule has 10 rings (SSSR count). The predicted octanol–water partition coefficient (Wildman–Crippen LogP) is 13.7.